The minimum absolute atomic E-state index is 0.0534. The van der Waals surface area contributed by atoms with Crippen LogP contribution in [-0.2, 0) is 20.7 Å². The molecule has 0 aliphatic carbocycles. The van der Waals surface area contributed by atoms with Gasteiger partial charge in [-0.25, -0.2) is 4.98 Å². The molecule has 100 valence electrons. The van der Waals surface area contributed by atoms with Gasteiger partial charge in [0, 0.05) is 10.6 Å². The Morgan fingerprint density at radius 1 is 1.67 bits per heavy atom. The minimum atomic E-state index is -0.814. The number of hydrogen-bond acceptors (Lipinski definition) is 6. The number of aromatic nitrogens is 1. The molecule has 1 atom stereocenters. The van der Waals surface area contributed by atoms with Crippen molar-refractivity contribution in [1.82, 2.24) is 4.98 Å². The number of thioether (sulfide) groups is 1. The molecule has 1 aliphatic heterocycles. The van der Waals surface area contributed by atoms with Crippen molar-refractivity contribution in [1.29, 1.82) is 0 Å². The molecule has 0 saturated carbocycles. The Hall–Kier alpha value is -0.630. The largest absolute Gasteiger partial charge is 0.481 e. The van der Waals surface area contributed by atoms with Crippen LogP contribution in [0.5, 0.6) is 0 Å². The van der Waals surface area contributed by atoms with Gasteiger partial charge in [-0.05, 0) is 13.3 Å². The number of carboxylic acids is 1. The topological polar surface area (TPSA) is 68.7 Å². The smallest absolute Gasteiger partial charge is 0.308 e. The molecule has 2 heterocycles. The molecule has 2 rings (SSSR count). The molecule has 0 aromatic carbocycles. The van der Waals surface area contributed by atoms with Crippen LogP contribution in [0.1, 0.15) is 17.0 Å². The van der Waals surface area contributed by atoms with Gasteiger partial charge in [0.05, 0.1) is 24.8 Å². The van der Waals surface area contributed by atoms with E-state index in [4.69, 9.17) is 14.6 Å². The lowest BCUT2D eigenvalue weighted by molar-refractivity contribution is -0.136. The van der Waals surface area contributed by atoms with Crippen molar-refractivity contribution in [3.8, 4) is 0 Å². The maximum absolute atomic E-state index is 10.7. The fourth-order valence-electron chi connectivity index (χ4n) is 1.56. The average molecular weight is 289 g/mol. The highest BCUT2D eigenvalue weighted by Gasteiger charge is 2.16. The molecule has 1 aromatic heterocycles. The summed E-state index contributed by atoms with van der Waals surface area (Å²) < 4.78 is 11.5. The zero-order valence-electron chi connectivity index (χ0n) is 10.0. The summed E-state index contributed by atoms with van der Waals surface area (Å²) in [5.74, 6) is 0.0223. The summed E-state index contributed by atoms with van der Waals surface area (Å²) in [6.07, 6.45) is 1.16. The van der Waals surface area contributed by atoms with Crippen molar-refractivity contribution >= 4 is 29.1 Å². The summed E-state index contributed by atoms with van der Waals surface area (Å²) in [5, 5.41) is 8.77. The minimum Gasteiger partial charge on any atom is -0.481 e. The highest BCUT2D eigenvalue weighted by molar-refractivity contribution is 8.01. The molecule has 1 unspecified atom stereocenters. The first-order valence-corrected chi connectivity index (χ1v) is 7.45. The quantitative estimate of drug-likeness (QED) is 0.835. The standard InChI is InChI=1S/C11H15NO4S2/c1-7-9(4-10(13)14)18-11(12-7)17-5-8-2-3-15-6-16-8/h8H,2-6H2,1H3,(H,13,14). The van der Waals surface area contributed by atoms with Gasteiger partial charge >= 0.3 is 5.97 Å². The van der Waals surface area contributed by atoms with Gasteiger partial charge < -0.3 is 14.6 Å². The van der Waals surface area contributed by atoms with E-state index in [0.717, 1.165) is 33.7 Å². The Labute approximate surface area is 114 Å². The summed E-state index contributed by atoms with van der Waals surface area (Å²) in [4.78, 5) is 15.9. The van der Waals surface area contributed by atoms with E-state index in [1.807, 2.05) is 6.92 Å². The molecule has 0 spiro atoms. The van der Waals surface area contributed by atoms with Gasteiger partial charge in [-0.2, -0.15) is 0 Å². The van der Waals surface area contributed by atoms with Crippen molar-refractivity contribution in [3.05, 3.63) is 10.6 Å². The van der Waals surface area contributed by atoms with Gasteiger partial charge in [-0.1, -0.05) is 11.8 Å². The van der Waals surface area contributed by atoms with Gasteiger partial charge in [0.15, 0.2) is 0 Å². The van der Waals surface area contributed by atoms with Gasteiger partial charge in [0.25, 0.3) is 0 Å². The van der Waals surface area contributed by atoms with Crippen LogP contribution in [0.15, 0.2) is 4.34 Å². The number of aryl methyl sites for hydroxylation is 1. The third kappa shape index (κ3) is 3.94. The second-order valence-electron chi connectivity index (χ2n) is 3.97. The monoisotopic (exact) mass is 289 g/mol. The second-order valence-corrected chi connectivity index (χ2v) is 6.32. The van der Waals surface area contributed by atoms with Crippen LogP contribution in [0.3, 0.4) is 0 Å². The lowest BCUT2D eigenvalue weighted by Gasteiger charge is -2.21. The highest BCUT2D eigenvalue weighted by atomic mass is 32.2. The number of carboxylic acid groups (broad SMARTS) is 1. The Bertz CT molecular complexity index is 415. The number of carbonyl (C=O) groups is 1. The SMILES string of the molecule is Cc1nc(SCC2CCOCO2)sc1CC(=O)O. The number of nitrogens with zero attached hydrogens (tertiary/aromatic N) is 1. The first kappa shape index (κ1) is 13.8. The van der Waals surface area contributed by atoms with Crippen molar-refractivity contribution in [2.45, 2.75) is 30.2 Å². The van der Waals surface area contributed by atoms with E-state index < -0.39 is 5.97 Å². The third-order valence-electron chi connectivity index (χ3n) is 2.55. The molecule has 0 radical (unpaired) electrons. The molecule has 0 bridgehead atoms. The van der Waals surface area contributed by atoms with Crippen LogP contribution in [0.25, 0.3) is 0 Å². The highest BCUT2D eigenvalue weighted by Crippen LogP contribution is 2.29. The summed E-state index contributed by atoms with van der Waals surface area (Å²) >= 11 is 3.08. The predicted molar refractivity (Wildman–Crippen MR) is 69.2 cm³/mol. The maximum Gasteiger partial charge on any atom is 0.308 e. The summed E-state index contributed by atoms with van der Waals surface area (Å²) in [6, 6.07) is 0. The molecular formula is C11H15NO4S2. The first-order chi connectivity index (χ1) is 8.65. The van der Waals surface area contributed by atoms with Crippen molar-refractivity contribution in [2.75, 3.05) is 19.2 Å². The zero-order chi connectivity index (χ0) is 13.0. The van der Waals surface area contributed by atoms with E-state index in [1.54, 1.807) is 11.8 Å². The van der Waals surface area contributed by atoms with Crippen LogP contribution >= 0.6 is 23.1 Å². The van der Waals surface area contributed by atoms with Crippen LogP contribution in [0, 0.1) is 6.92 Å². The molecule has 1 fully saturated rings. The van der Waals surface area contributed by atoms with Gasteiger partial charge in [-0.15, -0.1) is 11.3 Å². The lowest BCUT2D eigenvalue weighted by atomic mass is 10.3. The molecule has 5 nitrogen and oxygen atoms in total. The Morgan fingerprint density at radius 3 is 3.17 bits per heavy atom. The Kier molecular flexibility index (Phi) is 4.99. The summed E-state index contributed by atoms with van der Waals surface area (Å²) in [7, 11) is 0. The Morgan fingerprint density at radius 2 is 2.50 bits per heavy atom. The fraction of sp³-hybridized carbons (Fsp3) is 0.636. The van der Waals surface area contributed by atoms with E-state index in [0.29, 0.717) is 6.79 Å². The molecule has 0 amide bonds. The van der Waals surface area contributed by atoms with Crippen molar-refractivity contribution < 1.29 is 19.4 Å². The molecule has 18 heavy (non-hydrogen) atoms. The van der Waals surface area contributed by atoms with Crippen LogP contribution < -0.4 is 0 Å². The lowest BCUT2D eigenvalue weighted by Crippen LogP contribution is -2.25. The van der Waals surface area contributed by atoms with Gasteiger partial charge in [-0.3, -0.25) is 4.79 Å². The molecule has 1 aromatic rings. The fourth-order valence-corrected chi connectivity index (χ4v) is 3.88. The zero-order valence-corrected chi connectivity index (χ0v) is 11.7. The van der Waals surface area contributed by atoms with Crippen molar-refractivity contribution in [3.63, 3.8) is 0 Å². The molecule has 1 N–H and O–H groups in total. The molecule has 1 saturated heterocycles. The maximum atomic E-state index is 10.7. The Balaban J connectivity index is 1.87. The van der Waals surface area contributed by atoms with E-state index in [-0.39, 0.29) is 12.5 Å². The number of thiazole rings is 1. The second kappa shape index (κ2) is 6.51. The van der Waals surface area contributed by atoms with Crippen LogP contribution in [0.4, 0.5) is 0 Å². The first-order valence-electron chi connectivity index (χ1n) is 5.65. The molecule has 1 aliphatic rings. The van der Waals surface area contributed by atoms with E-state index in [1.165, 1.54) is 11.3 Å². The predicted octanol–water partition coefficient (Wildman–Crippen LogP) is 1.93. The van der Waals surface area contributed by atoms with E-state index >= 15 is 0 Å². The third-order valence-corrected chi connectivity index (χ3v) is 4.98. The number of rotatable bonds is 5. The summed E-state index contributed by atoms with van der Waals surface area (Å²) in [6.45, 7) is 2.96. The molecular weight excluding hydrogens is 274 g/mol. The average Bonchev–Trinajstić information content (AvgIpc) is 2.68. The number of hydrogen-bond donors (Lipinski definition) is 1. The summed E-state index contributed by atoms with van der Waals surface area (Å²) in [5.41, 5.74) is 0.817. The number of aliphatic carboxylic acids is 1. The normalized spacial score (nSPS) is 19.9. The van der Waals surface area contributed by atoms with Gasteiger partial charge in [0.1, 0.15) is 11.1 Å². The van der Waals surface area contributed by atoms with Gasteiger partial charge in [0.2, 0.25) is 0 Å². The van der Waals surface area contributed by atoms with Crippen molar-refractivity contribution in [2.24, 2.45) is 0 Å². The van der Waals surface area contributed by atoms with E-state index in [2.05, 4.69) is 4.98 Å². The van der Waals surface area contributed by atoms with E-state index in [9.17, 15) is 4.79 Å². The molecule has 7 heteroatoms. The number of ether oxygens (including phenoxy) is 2. The van der Waals surface area contributed by atoms with Crippen LogP contribution in [0.2, 0.25) is 0 Å². The van der Waals surface area contributed by atoms with Crippen LogP contribution in [-0.4, -0.2) is 41.3 Å².